The molecule has 4 rings (SSSR count). The van der Waals surface area contributed by atoms with Crippen molar-refractivity contribution in [2.75, 3.05) is 47.1 Å². The number of methoxy groups -OCH3 is 2. The smallest absolute Gasteiger partial charge is 0.410 e. The molecule has 246 valence electrons. The van der Waals surface area contributed by atoms with Crippen molar-refractivity contribution in [3.05, 3.63) is 59.7 Å². The number of hydrogen-bond donors (Lipinski definition) is 2. The Morgan fingerprint density at radius 3 is 2.36 bits per heavy atom. The van der Waals surface area contributed by atoms with Crippen molar-refractivity contribution in [2.45, 2.75) is 57.6 Å². The van der Waals surface area contributed by atoms with Crippen LogP contribution in [0.25, 0.3) is 0 Å². The van der Waals surface area contributed by atoms with Crippen LogP contribution in [0.2, 0.25) is 0 Å². The Balaban J connectivity index is 1.73. The first-order valence-corrected chi connectivity index (χ1v) is 15.0. The third kappa shape index (κ3) is 7.03. The van der Waals surface area contributed by atoms with Crippen LogP contribution >= 0.6 is 0 Å². The summed E-state index contributed by atoms with van der Waals surface area (Å²) in [6, 6.07) is 14.4. The van der Waals surface area contributed by atoms with E-state index in [0.29, 0.717) is 17.1 Å². The first kappa shape index (κ1) is 34.0. The molecule has 2 aromatic rings. The minimum atomic E-state index is -1.79. The molecule has 2 aromatic carbocycles. The van der Waals surface area contributed by atoms with Gasteiger partial charge in [-0.05, 0) is 45.4 Å². The molecule has 45 heavy (non-hydrogen) atoms. The quantitative estimate of drug-likeness (QED) is 0.337. The molecule has 4 atom stereocenters. The summed E-state index contributed by atoms with van der Waals surface area (Å²) in [6.45, 7) is 5.28. The Bertz CT molecular complexity index is 1360. The first-order valence-electron chi connectivity index (χ1n) is 15.0. The number of hydrogen-bond acceptors (Lipinski definition) is 10. The number of aliphatic hydroxyl groups is 2. The van der Waals surface area contributed by atoms with Gasteiger partial charge in [0.25, 0.3) is 0 Å². The van der Waals surface area contributed by atoms with E-state index in [4.69, 9.17) is 23.7 Å². The van der Waals surface area contributed by atoms with Gasteiger partial charge in [0.15, 0.2) is 0 Å². The lowest BCUT2D eigenvalue weighted by Gasteiger charge is -2.39. The maximum Gasteiger partial charge on any atom is 0.410 e. The van der Waals surface area contributed by atoms with E-state index in [-0.39, 0.29) is 32.8 Å². The monoisotopic (exact) mass is 628 g/mol. The van der Waals surface area contributed by atoms with E-state index in [2.05, 4.69) is 0 Å². The molecule has 2 aliphatic heterocycles. The number of nitrogens with zero attached hydrogens (tertiary/aromatic N) is 2. The number of carbonyl (C=O) groups is 3. The number of amides is 2. The van der Waals surface area contributed by atoms with Crippen LogP contribution in [0, 0.1) is 11.8 Å². The van der Waals surface area contributed by atoms with E-state index in [1.54, 1.807) is 45.9 Å². The van der Waals surface area contributed by atoms with Gasteiger partial charge >= 0.3 is 12.1 Å². The van der Waals surface area contributed by atoms with E-state index in [9.17, 15) is 24.6 Å². The number of aliphatic hydroxyl groups excluding tert-OH is 2. The van der Waals surface area contributed by atoms with Gasteiger partial charge in [-0.3, -0.25) is 9.59 Å². The highest BCUT2D eigenvalue weighted by molar-refractivity contribution is 5.90. The molecular weight excluding hydrogens is 584 g/mol. The van der Waals surface area contributed by atoms with Crippen molar-refractivity contribution in [3.63, 3.8) is 0 Å². The van der Waals surface area contributed by atoms with Gasteiger partial charge in [0.1, 0.15) is 34.2 Å². The van der Waals surface area contributed by atoms with Crippen molar-refractivity contribution < 1.29 is 48.3 Å². The van der Waals surface area contributed by atoms with Crippen LogP contribution in [0.5, 0.6) is 11.5 Å². The Hall–Kier alpha value is -3.87. The Kier molecular flexibility index (Phi) is 10.3. The zero-order valence-electron chi connectivity index (χ0n) is 26.8. The molecule has 0 aliphatic carbocycles. The number of benzene rings is 2. The number of fused-ring (bicyclic) bond motifs is 1. The van der Waals surface area contributed by atoms with Gasteiger partial charge < -0.3 is 43.7 Å². The number of ether oxygens (including phenoxy) is 5. The van der Waals surface area contributed by atoms with E-state index in [1.165, 1.54) is 24.0 Å². The summed E-state index contributed by atoms with van der Waals surface area (Å²) in [5, 5.41) is 21.8. The van der Waals surface area contributed by atoms with Crippen LogP contribution in [0.15, 0.2) is 48.5 Å². The zero-order valence-corrected chi connectivity index (χ0v) is 26.8. The van der Waals surface area contributed by atoms with Crippen LogP contribution in [0.4, 0.5) is 4.79 Å². The molecule has 2 saturated heterocycles. The largest absolute Gasteiger partial charge is 0.497 e. The zero-order chi connectivity index (χ0) is 33.0. The Labute approximate surface area is 263 Å². The molecule has 0 bridgehead atoms. The van der Waals surface area contributed by atoms with Gasteiger partial charge in [0.05, 0.1) is 53.0 Å². The van der Waals surface area contributed by atoms with Crippen molar-refractivity contribution in [1.82, 2.24) is 9.80 Å². The lowest BCUT2D eigenvalue weighted by molar-refractivity contribution is -0.176. The second kappa shape index (κ2) is 13.6. The minimum Gasteiger partial charge on any atom is -0.497 e. The van der Waals surface area contributed by atoms with E-state index in [1.807, 2.05) is 30.3 Å². The summed E-state index contributed by atoms with van der Waals surface area (Å²) in [5.74, 6) is -2.69. The molecule has 12 nitrogen and oxygen atoms in total. The highest BCUT2D eigenvalue weighted by Crippen LogP contribution is 2.53. The average Bonchev–Trinajstić information content (AvgIpc) is 3.44. The third-order valence-electron chi connectivity index (χ3n) is 8.17. The first-order chi connectivity index (χ1) is 21.4. The second-order valence-electron chi connectivity index (χ2n) is 12.4. The predicted octanol–water partition coefficient (Wildman–Crippen LogP) is 2.77. The Morgan fingerprint density at radius 1 is 1.07 bits per heavy atom. The number of rotatable bonds is 12. The standard InChI is InChI=1S/C33H44N2O10/c1-7-43-29(39)27-26-28(38)34(17-23-13-14-24(41-5)15-25(23)42-6)18-32(26,20-36)45-33(27,21-37)19-35(30(40)44-31(2,3)4)16-22-11-9-8-10-12-22/h8-15,26-27,36-37H,7,16-21H2,1-6H3/t26-,27+,32-,33+/m0/s1. The van der Waals surface area contributed by atoms with Crippen LogP contribution in [0.3, 0.4) is 0 Å². The van der Waals surface area contributed by atoms with Crippen molar-refractivity contribution in [1.29, 1.82) is 0 Å². The van der Waals surface area contributed by atoms with Crippen LogP contribution in [-0.4, -0.2) is 102 Å². The fraction of sp³-hybridized carbons (Fsp3) is 0.545. The molecule has 0 radical (unpaired) electrons. The Morgan fingerprint density at radius 2 is 1.78 bits per heavy atom. The normalized spacial score (nSPS) is 24.3. The lowest BCUT2D eigenvalue weighted by Crippen LogP contribution is -2.56. The molecule has 2 amide bonds. The molecule has 12 heteroatoms. The average molecular weight is 629 g/mol. The fourth-order valence-electron chi connectivity index (χ4n) is 6.27. The predicted molar refractivity (Wildman–Crippen MR) is 162 cm³/mol. The number of likely N-dealkylation sites (tertiary alicyclic amines) is 1. The van der Waals surface area contributed by atoms with Gasteiger partial charge in [-0.2, -0.15) is 0 Å². The fourth-order valence-corrected chi connectivity index (χ4v) is 6.27. The van der Waals surface area contributed by atoms with Crippen LogP contribution < -0.4 is 9.47 Å². The highest BCUT2D eigenvalue weighted by Gasteiger charge is 2.72. The molecule has 2 heterocycles. The molecule has 0 spiro atoms. The van der Waals surface area contributed by atoms with E-state index in [0.717, 1.165) is 5.56 Å². The highest BCUT2D eigenvalue weighted by atomic mass is 16.6. The topological polar surface area (TPSA) is 144 Å². The summed E-state index contributed by atoms with van der Waals surface area (Å²) in [5.41, 5.74) is -2.74. The SMILES string of the molecule is CCOC(=O)[C@H]1[C@H]2C(=O)N(Cc3ccc(OC)cc3OC)C[C@@]2(CO)O[C@@]1(CO)CN(Cc1ccccc1)C(=O)OC(C)(C)C. The van der Waals surface area contributed by atoms with Gasteiger partial charge in [0.2, 0.25) is 5.91 Å². The minimum absolute atomic E-state index is 0.0104. The summed E-state index contributed by atoms with van der Waals surface area (Å²) in [7, 11) is 3.05. The molecule has 0 unspecified atom stereocenters. The maximum absolute atomic E-state index is 14.2. The molecular formula is C33H44N2O10. The summed E-state index contributed by atoms with van der Waals surface area (Å²) >= 11 is 0. The van der Waals surface area contributed by atoms with Crippen LogP contribution in [0.1, 0.15) is 38.8 Å². The van der Waals surface area contributed by atoms with Gasteiger partial charge in [-0.25, -0.2) is 4.79 Å². The van der Waals surface area contributed by atoms with Crippen molar-refractivity contribution in [2.24, 2.45) is 11.8 Å². The summed E-state index contributed by atoms with van der Waals surface area (Å²) in [4.78, 5) is 44.3. The number of esters is 1. The second-order valence-corrected chi connectivity index (χ2v) is 12.4. The molecule has 0 aromatic heterocycles. The van der Waals surface area contributed by atoms with Gasteiger partial charge in [0, 0.05) is 24.7 Å². The van der Waals surface area contributed by atoms with Crippen molar-refractivity contribution >= 4 is 18.0 Å². The van der Waals surface area contributed by atoms with Gasteiger partial charge in [-0.15, -0.1) is 0 Å². The van der Waals surface area contributed by atoms with E-state index < -0.39 is 59.8 Å². The van der Waals surface area contributed by atoms with Crippen molar-refractivity contribution in [3.8, 4) is 11.5 Å². The summed E-state index contributed by atoms with van der Waals surface area (Å²) < 4.78 is 28.5. The van der Waals surface area contributed by atoms with Crippen LogP contribution in [-0.2, 0) is 36.9 Å². The molecule has 2 aliphatic rings. The molecule has 0 saturated carbocycles. The molecule has 2 N–H and O–H groups in total. The van der Waals surface area contributed by atoms with E-state index >= 15 is 0 Å². The third-order valence-corrected chi connectivity index (χ3v) is 8.17. The van der Waals surface area contributed by atoms with Gasteiger partial charge in [-0.1, -0.05) is 30.3 Å². The number of carbonyl (C=O) groups excluding carboxylic acids is 3. The summed E-state index contributed by atoms with van der Waals surface area (Å²) in [6.07, 6.45) is -0.694. The lowest BCUT2D eigenvalue weighted by atomic mass is 9.76. The molecule has 2 fully saturated rings. The maximum atomic E-state index is 14.2.